The molecular formula is C11H19N3S. The summed E-state index contributed by atoms with van der Waals surface area (Å²) < 4.78 is 0. The Balaban J connectivity index is 2.43. The average molecular weight is 225 g/mol. The van der Waals surface area contributed by atoms with Crippen molar-refractivity contribution in [2.24, 2.45) is 5.73 Å². The van der Waals surface area contributed by atoms with Crippen molar-refractivity contribution < 1.29 is 0 Å². The van der Waals surface area contributed by atoms with Crippen LogP contribution in [0.5, 0.6) is 0 Å². The quantitative estimate of drug-likeness (QED) is 0.775. The number of nitrogens with zero attached hydrogens (tertiary/aromatic N) is 2. The molecule has 1 unspecified atom stereocenters. The molecule has 1 aromatic rings. The number of rotatable bonds is 5. The van der Waals surface area contributed by atoms with Gasteiger partial charge in [0, 0.05) is 24.5 Å². The van der Waals surface area contributed by atoms with Crippen LogP contribution in [0.1, 0.15) is 18.5 Å². The summed E-state index contributed by atoms with van der Waals surface area (Å²) in [6, 6.07) is 4.16. The van der Waals surface area contributed by atoms with Gasteiger partial charge in [-0.2, -0.15) is 0 Å². The minimum absolute atomic E-state index is 0.0679. The van der Waals surface area contributed by atoms with E-state index < -0.39 is 0 Å². The first-order chi connectivity index (χ1) is 7.09. The van der Waals surface area contributed by atoms with Gasteiger partial charge in [-0.3, -0.25) is 0 Å². The molecule has 0 aliphatic rings. The van der Waals surface area contributed by atoms with Crippen LogP contribution in [0.4, 0.5) is 0 Å². The Kier molecular flexibility index (Phi) is 5.08. The molecule has 0 aliphatic heterocycles. The molecule has 0 radical (unpaired) electrons. The Morgan fingerprint density at radius 1 is 1.47 bits per heavy atom. The maximum Gasteiger partial charge on any atom is 0.0960 e. The zero-order valence-corrected chi connectivity index (χ0v) is 10.4. The Morgan fingerprint density at radius 2 is 2.20 bits per heavy atom. The van der Waals surface area contributed by atoms with Crippen LogP contribution in [0.2, 0.25) is 0 Å². The van der Waals surface area contributed by atoms with E-state index in [1.54, 1.807) is 11.8 Å². The van der Waals surface area contributed by atoms with Crippen molar-refractivity contribution in [1.82, 2.24) is 9.88 Å². The van der Waals surface area contributed by atoms with Crippen LogP contribution < -0.4 is 5.73 Å². The van der Waals surface area contributed by atoms with Crippen LogP contribution in [0.3, 0.4) is 0 Å². The van der Waals surface area contributed by atoms with E-state index in [9.17, 15) is 0 Å². The molecule has 0 fully saturated rings. The van der Waals surface area contributed by atoms with Crippen LogP contribution in [0, 0.1) is 0 Å². The number of pyridine rings is 1. The van der Waals surface area contributed by atoms with Gasteiger partial charge < -0.3 is 10.6 Å². The lowest BCUT2D eigenvalue weighted by Crippen LogP contribution is -2.14. The summed E-state index contributed by atoms with van der Waals surface area (Å²) in [6.07, 6.45) is 1.86. The Morgan fingerprint density at radius 3 is 2.67 bits per heavy atom. The van der Waals surface area contributed by atoms with Crippen LogP contribution in [0.25, 0.3) is 0 Å². The minimum atomic E-state index is 0.0679. The van der Waals surface area contributed by atoms with Crippen LogP contribution in [-0.2, 0) is 0 Å². The zero-order chi connectivity index (χ0) is 11.3. The van der Waals surface area contributed by atoms with Crippen molar-refractivity contribution in [3.63, 3.8) is 0 Å². The van der Waals surface area contributed by atoms with Gasteiger partial charge in [0.05, 0.1) is 5.03 Å². The average Bonchev–Trinajstić information content (AvgIpc) is 2.18. The Bertz CT molecular complexity index is 282. The first kappa shape index (κ1) is 12.5. The SMILES string of the molecule is CC(N)c1ccc(SCCN(C)C)nc1. The molecule has 1 atom stereocenters. The maximum absolute atomic E-state index is 5.75. The molecule has 15 heavy (non-hydrogen) atoms. The maximum atomic E-state index is 5.75. The molecule has 1 heterocycles. The van der Waals surface area contributed by atoms with Gasteiger partial charge in [-0.05, 0) is 32.6 Å². The molecule has 1 aromatic heterocycles. The fraction of sp³-hybridized carbons (Fsp3) is 0.545. The second-order valence-electron chi connectivity index (χ2n) is 3.87. The minimum Gasteiger partial charge on any atom is -0.324 e. The van der Waals surface area contributed by atoms with Gasteiger partial charge in [-0.1, -0.05) is 6.07 Å². The molecule has 0 amide bonds. The predicted octanol–water partition coefficient (Wildman–Crippen LogP) is 1.76. The van der Waals surface area contributed by atoms with Gasteiger partial charge in [0.15, 0.2) is 0 Å². The molecule has 2 N–H and O–H groups in total. The molecule has 0 saturated carbocycles. The topological polar surface area (TPSA) is 42.1 Å². The highest BCUT2D eigenvalue weighted by Gasteiger charge is 2.00. The third-order valence-corrected chi connectivity index (χ3v) is 3.00. The summed E-state index contributed by atoms with van der Waals surface area (Å²) >= 11 is 1.78. The molecule has 0 aromatic carbocycles. The van der Waals surface area contributed by atoms with E-state index in [1.165, 1.54) is 0 Å². The molecule has 0 bridgehead atoms. The Hall–Kier alpha value is -0.580. The van der Waals surface area contributed by atoms with E-state index in [0.717, 1.165) is 22.9 Å². The lowest BCUT2D eigenvalue weighted by atomic mass is 10.2. The highest BCUT2D eigenvalue weighted by atomic mass is 32.2. The van der Waals surface area contributed by atoms with E-state index in [2.05, 4.69) is 30.0 Å². The molecule has 0 aliphatic carbocycles. The number of hydrogen-bond acceptors (Lipinski definition) is 4. The Labute approximate surface area is 96.1 Å². The number of thioether (sulfide) groups is 1. The molecule has 1 rings (SSSR count). The predicted molar refractivity (Wildman–Crippen MR) is 66.1 cm³/mol. The lowest BCUT2D eigenvalue weighted by Gasteiger charge is -2.09. The number of aromatic nitrogens is 1. The monoisotopic (exact) mass is 225 g/mol. The molecular weight excluding hydrogens is 206 g/mol. The van der Waals surface area contributed by atoms with E-state index in [4.69, 9.17) is 5.73 Å². The van der Waals surface area contributed by atoms with Crippen molar-refractivity contribution in [3.05, 3.63) is 23.9 Å². The van der Waals surface area contributed by atoms with Crippen LogP contribution >= 0.6 is 11.8 Å². The van der Waals surface area contributed by atoms with Gasteiger partial charge >= 0.3 is 0 Å². The van der Waals surface area contributed by atoms with Gasteiger partial charge in [0.1, 0.15) is 0 Å². The second kappa shape index (κ2) is 6.10. The van der Waals surface area contributed by atoms with Crippen LogP contribution in [-0.4, -0.2) is 36.3 Å². The molecule has 4 heteroatoms. The fourth-order valence-electron chi connectivity index (χ4n) is 1.08. The normalized spacial score (nSPS) is 13.1. The first-order valence-corrected chi connectivity index (χ1v) is 6.07. The second-order valence-corrected chi connectivity index (χ2v) is 4.99. The summed E-state index contributed by atoms with van der Waals surface area (Å²) in [6.45, 7) is 3.04. The van der Waals surface area contributed by atoms with E-state index in [0.29, 0.717) is 0 Å². The van der Waals surface area contributed by atoms with Gasteiger partial charge in [-0.15, -0.1) is 11.8 Å². The molecule has 84 valence electrons. The standard InChI is InChI=1S/C11H19N3S/c1-9(12)10-4-5-11(13-8-10)15-7-6-14(2)3/h4-5,8-9H,6-7,12H2,1-3H3. The van der Waals surface area contributed by atoms with Crippen molar-refractivity contribution >= 4 is 11.8 Å². The van der Waals surface area contributed by atoms with E-state index >= 15 is 0 Å². The smallest absolute Gasteiger partial charge is 0.0960 e. The lowest BCUT2D eigenvalue weighted by molar-refractivity contribution is 0.437. The van der Waals surface area contributed by atoms with Gasteiger partial charge in [-0.25, -0.2) is 4.98 Å². The summed E-state index contributed by atoms with van der Waals surface area (Å²) in [4.78, 5) is 6.53. The van der Waals surface area contributed by atoms with E-state index in [1.807, 2.05) is 19.2 Å². The van der Waals surface area contributed by atoms with Gasteiger partial charge in [0.2, 0.25) is 0 Å². The third kappa shape index (κ3) is 4.64. The number of hydrogen-bond donors (Lipinski definition) is 1. The van der Waals surface area contributed by atoms with Crippen molar-refractivity contribution in [2.45, 2.75) is 18.0 Å². The number of nitrogens with two attached hydrogens (primary N) is 1. The largest absolute Gasteiger partial charge is 0.324 e. The zero-order valence-electron chi connectivity index (χ0n) is 9.60. The molecule has 0 saturated heterocycles. The first-order valence-electron chi connectivity index (χ1n) is 5.08. The van der Waals surface area contributed by atoms with Crippen LogP contribution in [0.15, 0.2) is 23.4 Å². The summed E-state index contributed by atoms with van der Waals surface area (Å²) in [5, 5.41) is 1.07. The molecule has 3 nitrogen and oxygen atoms in total. The highest BCUT2D eigenvalue weighted by molar-refractivity contribution is 7.99. The van der Waals surface area contributed by atoms with E-state index in [-0.39, 0.29) is 6.04 Å². The van der Waals surface area contributed by atoms with Gasteiger partial charge in [0.25, 0.3) is 0 Å². The summed E-state index contributed by atoms with van der Waals surface area (Å²) in [7, 11) is 4.15. The molecule has 0 spiro atoms. The highest BCUT2D eigenvalue weighted by Crippen LogP contribution is 2.16. The van der Waals surface area contributed by atoms with Crippen molar-refractivity contribution in [1.29, 1.82) is 0 Å². The summed E-state index contributed by atoms with van der Waals surface area (Å²) in [5.41, 5.74) is 6.84. The third-order valence-electron chi connectivity index (χ3n) is 2.07. The fourth-order valence-corrected chi connectivity index (χ4v) is 2.04. The van der Waals surface area contributed by atoms with Crippen molar-refractivity contribution in [2.75, 3.05) is 26.4 Å². The van der Waals surface area contributed by atoms with Crippen molar-refractivity contribution in [3.8, 4) is 0 Å². The summed E-state index contributed by atoms with van der Waals surface area (Å²) in [5.74, 6) is 1.07.